The zero-order valence-corrected chi connectivity index (χ0v) is 14.4. The van der Waals surface area contributed by atoms with Crippen molar-refractivity contribution in [3.05, 3.63) is 29.8 Å². The number of hydrogen-bond donors (Lipinski definition) is 2. The van der Waals surface area contributed by atoms with E-state index in [1.165, 1.54) is 24.8 Å². The number of ether oxygens (including phenoxy) is 1. The molecule has 2 aliphatic rings. The van der Waals surface area contributed by atoms with E-state index in [9.17, 15) is 5.11 Å². The van der Waals surface area contributed by atoms with Gasteiger partial charge in [0.2, 0.25) is 0 Å². The van der Waals surface area contributed by atoms with E-state index in [-0.39, 0.29) is 17.7 Å². The summed E-state index contributed by atoms with van der Waals surface area (Å²) in [5.74, 6) is 1.03. The number of fused-ring (bicyclic) bond motifs is 1. The van der Waals surface area contributed by atoms with E-state index in [0.717, 1.165) is 25.0 Å². The van der Waals surface area contributed by atoms with E-state index in [0.29, 0.717) is 13.1 Å². The zero-order valence-electron chi connectivity index (χ0n) is 14.4. The molecule has 1 saturated carbocycles. The smallest absolute Gasteiger partial charge is 0.124 e. The highest BCUT2D eigenvalue weighted by Gasteiger charge is 2.41. The molecule has 1 aliphatic heterocycles. The van der Waals surface area contributed by atoms with Crippen LogP contribution in [0.1, 0.15) is 50.1 Å². The normalized spacial score (nSPS) is 24.3. The lowest BCUT2D eigenvalue weighted by molar-refractivity contribution is -0.00447. The Morgan fingerprint density at radius 3 is 2.74 bits per heavy atom. The molecule has 0 aromatic heterocycles. The van der Waals surface area contributed by atoms with Gasteiger partial charge < -0.3 is 20.1 Å². The first-order chi connectivity index (χ1) is 11.1. The van der Waals surface area contributed by atoms with Crippen LogP contribution in [0.3, 0.4) is 0 Å². The maximum absolute atomic E-state index is 10.2. The molecule has 0 amide bonds. The highest BCUT2D eigenvalue weighted by molar-refractivity contribution is 5.39. The van der Waals surface area contributed by atoms with Gasteiger partial charge in [-0.15, -0.1) is 0 Å². The first-order valence-corrected chi connectivity index (χ1v) is 8.92. The standard InChI is InChI=1S/C19H30N2O2/c1-21(2)14-15(22)13-20-17-12-19(10-6-3-7-11-19)23-18-9-5-4-8-16(17)18/h4-5,8-9,15,17,20,22H,3,6-7,10-14H2,1-2H3. The summed E-state index contributed by atoms with van der Waals surface area (Å²) in [7, 11) is 3.98. The molecule has 0 bridgehead atoms. The molecule has 1 aromatic rings. The fourth-order valence-corrected chi connectivity index (χ4v) is 4.07. The third-order valence-corrected chi connectivity index (χ3v) is 5.14. The predicted molar refractivity (Wildman–Crippen MR) is 92.8 cm³/mol. The monoisotopic (exact) mass is 318 g/mol. The minimum atomic E-state index is -0.345. The van der Waals surface area contributed by atoms with Crippen LogP contribution in [-0.2, 0) is 0 Å². The van der Waals surface area contributed by atoms with Gasteiger partial charge in [0.25, 0.3) is 0 Å². The van der Waals surface area contributed by atoms with Crippen LogP contribution in [0.2, 0.25) is 0 Å². The summed E-state index contributed by atoms with van der Waals surface area (Å²) in [6.07, 6.45) is 6.82. The lowest BCUT2D eigenvalue weighted by atomic mass is 9.77. The van der Waals surface area contributed by atoms with Crippen molar-refractivity contribution in [2.75, 3.05) is 27.2 Å². The Balaban J connectivity index is 1.72. The second kappa shape index (κ2) is 7.20. The van der Waals surface area contributed by atoms with Crippen molar-refractivity contribution in [2.24, 2.45) is 0 Å². The zero-order chi connectivity index (χ0) is 16.3. The first-order valence-electron chi connectivity index (χ1n) is 8.92. The van der Waals surface area contributed by atoms with E-state index in [1.54, 1.807) is 0 Å². The number of rotatable bonds is 5. The molecule has 4 nitrogen and oxygen atoms in total. The van der Waals surface area contributed by atoms with Gasteiger partial charge in [0.05, 0.1) is 6.10 Å². The minimum Gasteiger partial charge on any atom is -0.487 e. The third kappa shape index (κ3) is 4.06. The van der Waals surface area contributed by atoms with Crippen LogP contribution in [0.15, 0.2) is 24.3 Å². The van der Waals surface area contributed by atoms with E-state index < -0.39 is 0 Å². The van der Waals surface area contributed by atoms with Crippen LogP contribution >= 0.6 is 0 Å². The summed E-state index contributed by atoms with van der Waals surface area (Å²) in [6.45, 7) is 1.30. The van der Waals surface area contributed by atoms with Gasteiger partial charge in [0.15, 0.2) is 0 Å². The highest BCUT2D eigenvalue weighted by atomic mass is 16.5. The highest BCUT2D eigenvalue weighted by Crippen LogP contribution is 2.45. The van der Waals surface area contributed by atoms with E-state index in [4.69, 9.17) is 4.74 Å². The molecule has 128 valence electrons. The molecule has 0 saturated heterocycles. The molecule has 1 fully saturated rings. The van der Waals surface area contributed by atoms with Gasteiger partial charge in [-0.05, 0) is 45.8 Å². The molecular weight excluding hydrogens is 288 g/mol. The number of aliphatic hydroxyl groups excluding tert-OH is 1. The molecule has 1 heterocycles. The Morgan fingerprint density at radius 2 is 2.00 bits per heavy atom. The molecule has 1 spiro atoms. The van der Waals surface area contributed by atoms with E-state index >= 15 is 0 Å². The van der Waals surface area contributed by atoms with Gasteiger partial charge in [-0.3, -0.25) is 0 Å². The van der Waals surface area contributed by atoms with Crippen LogP contribution in [0.25, 0.3) is 0 Å². The number of likely N-dealkylation sites (N-methyl/N-ethyl adjacent to an activating group) is 1. The van der Waals surface area contributed by atoms with E-state index in [1.807, 2.05) is 19.0 Å². The second-order valence-electron chi connectivity index (χ2n) is 7.46. The number of nitrogens with one attached hydrogen (secondary N) is 1. The van der Waals surface area contributed by atoms with Crippen molar-refractivity contribution in [1.29, 1.82) is 0 Å². The molecule has 4 heteroatoms. The van der Waals surface area contributed by atoms with Gasteiger partial charge in [-0.1, -0.05) is 24.6 Å². The average molecular weight is 318 g/mol. The average Bonchev–Trinajstić information content (AvgIpc) is 2.52. The summed E-state index contributed by atoms with van der Waals surface area (Å²) in [4.78, 5) is 2.02. The summed E-state index contributed by atoms with van der Waals surface area (Å²) < 4.78 is 6.45. The van der Waals surface area contributed by atoms with Gasteiger partial charge in [-0.2, -0.15) is 0 Å². The number of benzene rings is 1. The predicted octanol–water partition coefficient (Wildman–Crippen LogP) is 2.73. The number of aliphatic hydroxyl groups is 1. The van der Waals surface area contributed by atoms with Gasteiger partial charge in [-0.25, -0.2) is 0 Å². The van der Waals surface area contributed by atoms with Crippen LogP contribution < -0.4 is 10.1 Å². The van der Waals surface area contributed by atoms with Gasteiger partial charge >= 0.3 is 0 Å². The molecule has 2 atom stereocenters. The molecule has 0 radical (unpaired) electrons. The minimum absolute atomic E-state index is 0.00320. The molecule has 1 aliphatic carbocycles. The maximum atomic E-state index is 10.2. The fourth-order valence-electron chi connectivity index (χ4n) is 4.07. The molecule has 1 aromatic carbocycles. The molecule has 3 rings (SSSR count). The summed E-state index contributed by atoms with van der Waals surface area (Å²) >= 11 is 0. The lowest BCUT2D eigenvalue weighted by Gasteiger charge is -2.45. The van der Waals surface area contributed by atoms with Crippen molar-refractivity contribution in [3.63, 3.8) is 0 Å². The molecule has 23 heavy (non-hydrogen) atoms. The molecule has 2 unspecified atom stereocenters. The van der Waals surface area contributed by atoms with Crippen molar-refractivity contribution in [1.82, 2.24) is 10.2 Å². The van der Waals surface area contributed by atoms with E-state index in [2.05, 4.69) is 29.6 Å². The largest absolute Gasteiger partial charge is 0.487 e. The number of hydrogen-bond acceptors (Lipinski definition) is 4. The van der Waals surface area contributed by atoms with Crippen molar-refractivity contribution in [3.8, 4) is 5.75 Å². The van der Waals surface area contributed by atoms with Gasteiger partial charge in [0, 0.05) is 31.1 Å². The summed E-state index contributed by atoms with van der Waals surface area (Å²) in [6, 6.07) is 8.65. The fraction of sp³-hybridized carbons (Fsp3) is 0.684. The number of nitrogens with zero attached hydrogens (tertiary/aromatic N) is 1. The Kier molecular flexibility index (Phi) is 5.24. The van der Waals surface area contributed by atoms with Crippen molar-refractivity contribution < 1.29 is 9.84 Å². The molecular formula is C19H30N2O2. The SMILES string of the molecule is CN(C)CC(O)CNC1CC2(CCCCC2)Oc2ccccc21. The summed E-state index contributed by atoms with van der Waals surface area (Å²) in [5, 5.41) is 13.8. The lowest BCUT2D eigenvalue weighted by Crippen LogP contribution is -2.47. The van der Waals surface area contributed by atoms with Crippen LogP contribution in [0.5, 0.6) is 5.75 Å². The van der Waals surface area contributed by atoms with Crippen molar-refractivity contribution in [2.45, 2.75) is 56.3 Å². The Labute approximate surface area is 139 Å². The molecule has 2 N–H and O–H groups in total. The summed E-state index contributed by atoms with van der Waals surface area (Å²) in [5.41, 5.74) is 1.23. The number of para-hydroxylation sites is 1. The quantitative estimate of drug-likeness (QED) is 0.876. The van der Waals surface area contributed by atoms with Crippen LogP contribution in [0, 0.1) is 0 Å². The Morgan fingerprint density at radius 1 is 1.26 bits per heavy atom. The Hall–Kier alpha value is -1.10. The second-order valence-corrected chi connectivity index (χ2v) is 7.46. The van der Waals surface area contributed by atoms with Crippen LogP contribution in [0.4, 0.5) is 0 Å². The maximum Gasteiger partial charge on any atom is 0.124 e. The van der Waals surface area contributed by atoms with Crippen LogP contribution in [-0.4, -0.2) is 48.9 Å². The Bertz CT molecular complexity index is 512. The first kappa shape index (κ1) is 16.7. The third-order valence-electron chi connectivity index (χ3n) is 5.14. The van der Waals surface area contributed by atoms with Crippen molar-refractivity contribution >= 4 is 0 Å². The topological polar surface area (TPSA) is 44.7 Å². The van der Waals surface area contributed by atoms with Gasteiger partial charge in [0.1, 0.15) is 11.4 Å².